The summed E-state index contributed by atoms with van der Waals surface area (Å²) in [6.07, 6.45) is 2.32. The standard InChI is InChI=1S/C24H28N4O2/c1-5-22-20(14-25-28(22)15-18-9-7-6-8-10-18)24(30)27-21-13-19(12-11-17(21)4)26-23(29)16(2)3/h6-14,16H,5,15H2,1-4H3,(H,26,29)(H,27,30). The van der Waals surface area contributed by atoms with Crippen molar-refractivity contribution >= 4 is 23.2 Å². The molecule has 30 heavy (non-hydrogen) atoms. The first-order valence-electron chi connectivity index (χ1n) is 10.2. The smallest absolute Gasteiger partial charge is 0.259 e. The molecule has 0 radical (unpaired) electrons. The Morgan fingerprint density at radius 3 is 2.47 bits per heavy atom. The second kappa shape index (κ2) is 9.39. The molecule has 3 aromatic rings. The number of nitrogens with zero attached hydrogens (tertiary/aromatic N) is 2. The molecule has 0 saturated heterocycles. The molecule has 6 nitrogen and oxygen atoms in total. The first-order chi connectivity index (χ1) is 14.4. The van der Waals surface area contributed by atoms with Gasteiger partial charge in [-0.05, 0) is 36.6 Å². The number of rotatable bonds is 7. The Labute approximate surface area is 177 Å². The average Bonchev–Trinajstić information content (AvgIpc) is 3.13. The third-order valence-electron chi connectivity index (χ3n) is 4.98. The number of aryl methyl sites for hydroxylation is 1. The molecule has 0 aliphatic heterocycles. The molecule has 2 amide bonds. The highest BCUT2D eigenvalue weighted by atomic mass is 16.2. The molecule has 0 spiro atoms. The van der Waals surface area contributed by atoms with Gasteiger partial charge in [-0.2, -0.15) is 5.10 Å². The zero-order valence-electron chi connectivity index (χ0n) is 17.9. The second-order valence-electron chi connectivity index (χ2n) is 7.63. The molecular weight excluding hydrogens is 376 g/mol. The van der Waals surface area contributed by atoms with E-state index >= 15 is 0 Å². The Hall–Kier alpha value is -3.41. The van der Waals surface area contributed by atoms with Crippen molar-refractivity contribution in [3.05, 3.63) is 77.1 Å². The van der Waals surface area contributed by atoms with E-state index in [9.17, 15) is 9.59 Å². The maximum atomic E-state index is 13.0. The fourth-order valence-corrected chi connectivity index (χ4v) is 3.18. The van der Waals surface area contributed by atoms with Crippen molar-refractivity contribution in [1.82, 2.24) is 9.78 Å². The summed E-state index contributed by atoms with van der Waals surface area (Å²) in [6.45, 7) is 8.23. The lowest BCUT2D eigenvalue weighted by molar-refractivity contribution is -0.118. The van der Waals surface area contributed by atoms with Gasteiger partial charge in [0.15, 0.2) is 0 Å². The number of anilines is 2. The number of carbonyl (C=O) groups excluding carboxylic acids is 2. The Morgan fingerprint density at radius 2 is 1.80 bits per heavy atom. The van der Waals surface area contributed by atoms with Gasteiger partial charge in [-0.3, -0.25) is 14.3 Å². The maximum absolute atomic E-state index is 13.0. The van der Waals surface area contributed by atoms with Gasteiger partial charge in [0.05, 0.1) is 24.0 Å². The summed E-state index contributed by atoms with van der Waals surface area (Å²) >= 11 is 0. The Kier molecular flexibility index (Phi) is 6.67. The van der Waals surface area contributed by atoms with E-state index in [0.717, 1.165) is 16.8 Å². The van der Waals surface area contributed by atoms with Crippen molar-refractivity contribution in [1.29, 1.82) is 0 Å². The molecule has 0 unspecified atom stereocenters. The maximum Gasteiger partial charge on any atom is 0.259 e. The highest BCUT2D eigenvalue weighted by Gasteiger charge is 2.18. The Balaban J connectivity index is 1.80. The highest BCUT2D eigenvalue weighted by molar-refractivity contribution is 6.05. The van der Waals surface area contributed by atoms with E-state index in [4.69, 9.17) is 0 Å². The number of aromatic nitrogens is 2. The van der Waals surface area contributed by atoms with Crippen LogP contribution in [0.1, 0.15) is 48.0 Å². The zero-order chi connectivity index (χ0) is 21.7. The molecule has 0 aliphatic rings. The van der Waals surface area contributed by atoms with Crippen LogP contribution in [0.3, 0.4) is 0 Å². The number of benzene rings is 2. The molecule has 0 saturated carbocycles. The molecule has 1 aromatic heterocycles. The predicted molar refractivity (Wildman–Crippen MR) is 120 cm³/mol. The van der Waals surface area contributed by atoms with Crippen molar-refractivity contribution < 1.29 is 9.59 Å². The predicted octanol–water partition coefficient (Wildman–Crippen LogP) is 4.65. The van der Waals surface area contributed by atoms with Crippen LogP contribution in [-0.4, -0.2) is 21.6 Å². The van der Waals surface area contributed by atoms with Crippen molar-refractivity contribution in [2.75, 3.05) is 10.6 Å². The van der Waals surface area contributed by atoms with E-state index < -0.39 is 0 Å². The van der Waals surface area contributed by atoms with Crippen molar-refractivity contribution in [2.24, 2.45) is 5.92 Å². The lowest BCUT2D eigenvalue weighted by Gasteiger charge is -2.13. The summed E-state index contributed by atoms with van der Waals surface area (Å²) in [7, 11) is 0. The van der Waals surface area contributed by atoms with Gasteiger partial charge in [-0.1, -0.05) is 57.2 Å². The van der Waals surface area contributed by atoms with Crippen LogP contribution in [0.2, 0.25) is 0 Å². The monoisotopic (exact) mass is 404 g/mol. The summed E-state index contributed by atoms with van der Waals surface area (Å²) in [5.74, 6) is -0.389. The molecule has 0 bridgehead atoms. The normalized spacial score (nSPS) is 10.8. The summed E-state index contributed by atoms with van der Waals surface area (Å²) in [5, 5.41) is 10.3. The minimum Gasteiger partial charge on any atom is -0.326 e. The van der Waals surface area contributed by atoms with Crippen LogP contribution >= 0.6 is 0 Å². The first-order valence-corrected chi connectivity index (χ1v) is 10.2. The number of amides is 2. The molecule has 2 N–H and O–H groups in total. The third-order valence-corrected chi connectivity index (χ3v) is 4.98. The van der Waals surface area contributed by atoms with Gasteiger partial charge < -0.3 is 10.6 Å². The zero-order valence-corrected chi connectivity index (χ0v) is 17.9. The average molecular weight is 405 g/mol. The van der Waals surface area contributed by atoms with Gasteiger partial charge in [-0.15, -0.1) is 0 Å². The molecule has 0 aliphatic carbocycles. The van der Waals surface area contributed by atoms with Gasteiger partial charge in [0.2, 0.25) is 5.91 Å². The summed E-state index contributed by atoms with van der Waals surface area (Å²) in [4.78, 5) is 25.0. The first kappa shape index (κ1) is 21.3. The minimum absolute atomic E-state index is 0.0633. The molecular formula is C24H28N4O2. The second-order valence-corrected chi connectivity index (χ2v) is 7.63. The summed E-state index contributed by atoms with van der Waals surface area (Å²) < 4.78 is 1.87. The van der Waals surface area contributed by atoms with E-state index in [1.165, 1.54) is 0 Å². The SMILES string of the molecule is CCc1c(C(=O)Nc2cc(NC(=O)C(C)C)ccc2C)cnn1Cc1ccccc1. The molecule has 1 heterocycles. The van der Waals surface area contributed by atoms with Crippen LogP contribution < -0.4 is 10.6 Å². The van der Waals surface area contributed by atoms with E-state index in [-0.39, 0.29) is 17.7 Å². The van der Waals surface area contributed by atoms with Crippen LogP contribution in [0, 0.1) is 12.8 Å². The van der Waals surface area contributed by atoms with Crippen LogP contribution in [0.4, 0.5) is 11.4 Å². The van der Waals surface area contributed by atoms with E-state index in [1.54, 1.807) is 12.3 Å². The van der Waals surface area contributed by atoms with E-state index in [2.05, 4.69) is 15.7 Å². The molecule has 156 valence electrons. The highest BCUT2D eigenvalue weighted by Crippen LogP contribution is 2.22. The van der Waals surface area contributed by atoms with Gasteiger partial charge in [0, 0.05) is 17.3 Å². The van der Waals surface area contributed by atoms with Gasteiger partial charge in [-0.25, -0.2) is 0 Å². The molecule has 0 atom stereocenters. The Morgan fingerprint density at radius 1 is 1.07 bits per heavy atom. The van der Waals surface area contributed by atoms with Crippen molar-refractivity contribution in [2.45, 2.75) is 40.7 Å². The molecule has 0 fully saturated rings. The molecule has 3 rings (SSSR count). The largest absolute Gasteiger partial charge is 0.326 e. The number of carbonyl (C=O) groups is 2. The summed E-state index contributed by atoms with van der Waals surface area (Å²) in [6, 6.07) is 15.5. The summed E-state index contributed by atoms with van der Waals surface area (Å²) in [5.41, 5.74) is 4.82. The number of hydrogen-bond donors (Lipinski definition) is 2. The molecule has 2 aromatic carbocycles. The van der Waals surface area contributed by atoms with E-state index in [1.807, 2.05) is 74.8 Å². The Bertz CT molecular complexity index is 1040. The number of hydrogen-bond acceptors (Lipinski definition) is 3. The van der Waals surface area contributed by atoms with Crippen molar-refractivity contribution in [3.63, 3.8) is 0 Å². The van der Waals surface area contributed by atoms with Gasteiger partial charge in [0.25, 0.3) is 5.91 Å². The number of nitrogens with one attached hydrogen (secondary N) is 2. The molecule has 6 heteroatoms. The third kappa shape index (κ3) is 4.95. The fraction of sp³-hybridized carbons (Fsp3) is 0.292. The lowest BCUT2D eigenvalue weighted by Crippen LogP contribution is -2.18. The van der Waals surface area contributed by atoms with Crippen LogP contribution in [0.25, 0.3) is 0 Å². The van der Waals surface area contributed by atoms with Gasteiger partial charge >= 0.3 is 0 Å². The minimum atomic E-state index is -0.207. The van der Waals surface area contributed by atoms with Crippen LogP contribution in [0.15, 0.2) is 54.7 Å². The quantitative estimate of drug-likeness (QED) is 0.602. The van der Waals surface area contributed by atoms with Gasteiger partial charge in [0.1, 0.15) is 0 Å². The van der Waals surface area contributed by atoms with Crippen molar-refractivity contribution in [3.8, 4) is 0 Å². The topological polar surface area (TPSA) is 76.0 Å². The van der Waals surface area contributed by atoms with Crippen LogP contribution in [-0.2, 0) is 17.8 Å². The fourth-order valence-electron chi connectivity index (χ4n) is 3.18. The van der Waals surface area contributed by atoms with E-state index in [0.29, 0.717) is 29.9 Å². The van der Waals surface area contributed by atoms with Crippen LogP contribution in [0.5, 0.6) is 0 Å². The lowest BCUT2D eigenvalue weighted by atomic mass is 10.1.